The lowest BCUT2D eigenvalue weighted by Gasteiger charge is -2.20. The van der Waals surface area contributed by atoms with Gasteiger partial charge < -0.3 is 14.6 Å². The van der Waals surface area contributed by atoms with Gasteiger partial charge in [0.05, 0.1) is 22.7 Å². The summed E-state index contributed by atoms with van der Waals surface area (Å²) in [5, 5.41) is 12.8. The third kappa shape index (κ3) is 2.81. The van der Waals surface area contributed by atoms with Gasteiger partial charge in [-0.05, 0) is 42.5 Å². The molecule has 30 heavy (non-hydrogen) atoms. The van der Waals surface area contributed by atoms with E-state index in [9.17, 15) is 9.90 Å². The second kappa shape index (κ2) is 6.67. The molecule has 2 aromatic carbocycles. The maximum Gasteiger partial charge on any atom is 0.260 e. The summed E-state index contributed by atoms with van der Waals surface area (Å²) < 4.78 is 1.89. The highest BCUT2D eigenvalue weighted by Crippen LogP contribution is 2.50. The smallest absolute Gasteiger partial charge is 0.260 e. The lowest BCUT2D eigenvalue weighted by Crippen LogP contribution is -2.25. The van der Waals surface area contributed by atoms with Crippen LogP contribution in [0, 0.1) is 0 Å². The summed E-state index contributed by atoms with van der Waals surface area (Å²) in [6, 6.07) is 20.5. The molecule has 6 rings (SSSR count). The molecule has 1 saturated heterocycles. The van der Waals surface area contributed by atoms with Crippen LogP contribution in [0.15, 0.2) is 71.7 Å². The molecule has 1 N–H and O–H groups in total. The molecule has 0 spiro atoms. The quantitative estimate of drug-likeness (QED) is 0.571. The molecule has 5 heteroatoms. The van der Waals surface area contributed by atoms with Crippen LogP contribution in [0.1, 0.15) is 30.5 Å². The third-order valence-electron chi connectivity index (χ3n) is 6.56. The number of aliphatic hydroxyl groups is 1. The van der Waals surface area contributed by atoms with Crippen LogP contribution in [0.4, 0.5) is 5.69 Å². The van der Waals surface area contributed by atoms with Crippen LogP contribution < -0.4 is 10.5 Å². The Morgan fingerprint density at radius 2 is 1.83 bits per heavy atom. The first kappa shape index (κ1) is 17.7. The average Bonchev–Trinajstić information content (AvgIpc) is 3.45. The van der Waals surface area contributed by atoms with Gasteiger partial charge in [0.2, 0.25) is 0 Å². The Bertz CT molecular complexity index is 1330. The molecule has 1 aliphatic carbocycles. The summed E-state index contributed by atoms with van der Waals surface area (Å²) in [6.07, 6.45) is 3.29. The lowest BCUT2D eigenvalue weighted by atomic mass is 10.1. The Kier molecular flexibility index (Phi) is 3.93. The van der Waals surface area contributed by atoms with Gasteiger partial charge in [-0.25, -0.2) is 0 Å². The highest BCUT2D eigenvalue weighted by molar-refractivity contribution is 5.93. The molecule has 150 valence electrons. The van der Waals surface area contributed by atoms with Gasteiger partial charge in [0.15, 0.2) is 0 Å². The van der Waals surface area contributed by atoms with Crippen LogP contribution in [0.2, 0.25) is 0 Å². The van der Waals surface area contributed by atoms with E-state index in [-0.39, 0.29) is 23.6 Å². The minimum absolute atomic E-state index is 0.0535. The van der Waals surface area contributed by atoms with Gasteiger partial charge in [-0.3, -0.25) is 9.78 Å². The van der Waals surface area contributed by atoms with Gasteiger partial charge in [0, 0.05) is 42.3 Å². The second-order valence-electron chi connectivity index (χ2n) is 8.50. The van der Waals surface area contributed by atoms with E-state index in [2.05, 4.69) is 23.1 Å². The summed E-state index contributed by atoms with van der Waals surface area (Å²) in [4.78, 5) is 20.5. The van der Waals surface area contributed by atoms with Crippen LogP contribution in [0.25, 0.3) is 21.7 Å². The van der Waals surface area contributed by atoms with E-state index in [4.69, 9.17) is 4.98 Å². The zero-order valence-electron chi connectivity index (χ0n) is 16.6. The largest absolute Gasteiger partial charge is 0.391 e. The molecule has 4 aromatic rings. The Hall–Kier alpha value is -3.18. The topological polar surface area (TPSA) is 58.4 Å². The van der Waals surface area contributed by atoms with Gasteiger partial charge in [0.1, 0.15) is 0 Å². The van der Waals surface area contributed by atoms with Crippen molar-refractivity contribution in [2.75, 3.05) is 18.0 Å². The molecule has 3 unspecified atom stereocenters. The SMILES string of the molecule is O=c1c2c(N3CCC(O)C3)cccc2ccn1C1CC1c1ccc2ccccc2n1. The Morgan fingerprint density at radius 3 is 2.70 bits per heavy atom. The first-order valence-electron chi connectivity index (χ1n) is 10.6. The number of aliphatic hydroxyl groups excluding tert-OH is 1. The summed E-state index contributed by atoms with van der Waals surface area (Å²) >= 11 is 0. The highest BCUT2D eigenvalue weighted by atomic mass is 16.3. The van der Waals surface area contributed by atoms with Gasteiger partial charge in [-0.1, -0.05) is 36.4 Å². The van der Waals surface area contributed by atoms with Crippen molar-refractivity contribution in [3.05, 3.63) is 82.9 Å². The molecule has 1 saturated carbocycles. The van der Waals surface area contributed by atoms with Crippen molar-refractivity contribution in [2.24, 2.45) is 0 Å². The normalized spacial score (nSPS) is 23.4. The predicted octanol–water partition coefficient (Wildman–Crippen LogP) is 3.85. The van der Waals surface area contributed by atoms with E-state index >= 15 is 0 Å². The van der Waals surface area contributed by atoms with E-state index in [0.29, 0.717) is 6.54 Å². The van der Waals surface area contributed by atoms with Crippen molar-refractivity contribution < 1.29 is 5.11 Å². The first-order chi connectivity index (χ1) is 14.7. The van der Waals surface area contributed by atoms with E-state index in [0.717, 1.165) is 52.4 Å². The lowest BCUT2D eigenvalue weighted by molar-refractivity contribution is 0.198. The summed E-state index contributed by atoms with van der Waals surface area (Å²) in [5.41, 5.74) is 3.05. The molecule has 2 aromatic heterocycles. The summed E-state index contributed by atoms with van der Waals surface area (Å²) in [6.45, 7) is 1.36. The number of hydrogen-bond acceptors (Lipinski definition) is 4. The van der Waals surface area contributed by atoms with Gasteiger partial charge >= 0.3 is 0 Å². The first-order valence-corrected chi connectivity index (χ1v) is 10.6. The average molecular weight is 397 g/mol. The number of benzene rings is 2. The minimum Gasteiger partial charge on any atom is -0.391 e. The minimum atomic E-state index is -0.321. The molecule has 0 amide bonds. The number of pyridine rings is 2. The second-order valence-corrected chi connectivity index (χ2v) is 8.50. The zero-order chi connectivity index (χ0) is 20.2. The third-order valence-corrected chi connectivity index (χ3v) is 6.56. The fourth-order valence-electron chi connectivity index (χ4n) is 4.87. The highest BCUT2D eigenvalue weighted by Gasteiger charge is 2.42. The molecule has 5 nitrogen and oxygen atoms in total. The molecular formula is C25H23N3O2. The molecule has 2 aliphatic rings. The van der Waals surface area contributed by atoms with Crippen LogP contribution in [-0.4, -0.2) is 33.9 Å². The molecule has 1 aliphatic heterocycles. The van der Waals surface area contributed by atoms with E-state index in [1.165, 1.54) is 0 Å². The molecule has 3 atom stereocenters. The Labute approximate surface area is 174 Å². The molecule has 2 fully saturated rings. The molecular weight excluding hydrogens is 374 g/mol. The van der Waals surface area contributed by atoms with Crippen molar-refractivity contribution in [1.29, 1.82) is 0 Å². The van der Waals surface area contributed by atoms with Crippen LogP contribution in [-0.2, 0) is 0 Å². The van der Waals surface area contributed by atoms with Crippen LogP contribution in [0.5, 0.6) is 0 Å². The van der Waals surface area contributed by atoms with Gasteiger partial charge in [0.25, 0.3) is 5.56 Å². The van der Waals surface area contributed by atoms with Crippen molar-refractivity contribution in [3.8, 4) is 0 Å². The molecule has 0 radical (unpaired) electrons. The van der Waals surface area contributed by atoms with Gasteiger partial charge in [-0.2, -0.15) is 0 Å². The van der Waals surface area contributed by atoms with E-state index < -0.39 is 0 Å². The maximum atomic E-state index is 13.5. The number of para-hydroxylation sites is 1. The van der Waals surface area contributed by atoms with Crippen molar-refractivity contribution in [1.82, 2.24) is 9.55 Å². The monoisotopic (exact) mass is 397 g/mol. The van der Waals surface area contributed by atoms with Crippen LogP contribution in [0.3, 0.4) is 0 Å². The van der Waals surface area contributed by atoms with Crippen molar-refractivity contribution >= 4 is 27.4 Å². The number of rotatable bonds is 3. The van der Waals surface area contributed by atoms with Crippen LogP contribution >= 0.6 is 0 Å². The number of anilines is 1. The summed E-state index contributed by atoms with van der Waals surface area (Å²) in [5.74, 6) is 0.269. The summed E-state index contributed by atoms with van der Waals surface area (Å²) in [7, 11) is 0. The van der Waals surface area contributed by atoms with Crippen molar-refractivity contribution in [3.63, 3.8) is 0 Å². The fraction of sp³-hybridized carbons (Fsp3) is 0.280. The van der Waals surface area contributed by atoms with E-state index in [1.54, 1.807) is 0 Å². The standard InChI is InChI=1S/C25H23N3O2/c29-18-11-12-27(15-18)22-7-3-5-17-10-13-28(25(30)24(17)22)23-14-19(23)21-9-8-16-4-1-2-6-20(16)26-21/h1-10,13,18-19,23,29H,11-12,14-15H2. The fourth-order valence-corrected chi connectivity index (χ4v) is 4.87. The number of hydrogen-bond donors (Lipinski definition) is 1. The Morgan fingerprint density at radius 1 is 0.967 bits per heavy atom. The van der Waals surface area contributed by atoms with Crippen molar-refractivity contribution in [2.45, 2.75) is 30.9 Å². The van der Waals surface area contributed by atoms with E-state index in [1.807, 2.05) is 53.2 Å². The predicted molar refractivity (Wildman–Crippen MR) is 119 cm³/mol. The Balaban J connectivity index is 1.39. The number of fused-ring (bicyclic) bond motifs is 2. The molecule has 0 bridgehead atoms. The number of β-amino-alcohol motifs (C(OH)–C–C–N with tert-alkyl or cyclic N) is 1. The zero-order valence-corrected chi connectivity index (χ0v) is 16.6. The number of nitrogens with zero attached hydrogens (tertiary/aromatic N) is 3. The molecule has 3 heterocycles. The van der Waals surface area contributed by atoms with Gasteiger partial charge in [-0.15, -0.1) is 0 Å². The maximum absolute atomic E-state index is 13.5. The number of aromatic nitrogens is 2.